The molecule has 0 fully saturated rings. The fourth-order valence-corrected chi connectivity index (χ4v) is 2.39. The van der Waals surface area contributed by atoms with Crippen molar-refractivity contribution in [3.05, 3.63) is 59.2 Å². The van der Waals surface area contributed by atoms with Gasteiger partial charge in [0.25, 0.3) is 0 Å². The molecule has 2 rings (SSSR count). The molecule has 0 aliphatic rings. The molecule has 0 bridgehead atoms. The Morgan fingerprint density at radius 3 is 2.64 bits per heavy atom. The number of nitrogens with zero attached hydrogens (tertiary/aromatic N) is 1. The molecule has 25 heavy (non-hydrogen) atoms. The lowest BCUT2D eigenvalue weighted by Crippen LogP contribution is -2.22. The smallest absolute Gasteiger partial charge is 0.193 e. The fraction of sp³-hybridized carbons (Fsp3) is 0.350. The Bertz CT molecular complexity index is 714. The summed E-state index contributed by atoms with van der Waals surface area (Å²) in [5.41, 5.74) is 10.3. The van der Waals surface area contributed by atoms with Gasteiger partial charge in [0.2, 0.25) is 0 Å². The Balaban J connectivity index is 2.00. The first-order valence-corrected chi connectivity index (χ1v) is 8.43. The van der Waals surface area contributed by atoms with E-state index in [9.17, 15) is 0 Å². The van der Waals surface area contributed by atoms with Gasteiger partial charge in [0.15, 0.2) is 5.96 Å². The Morgan fingerprint density at radius 1 is 1.08 bits per heavy atom. The zero-order valence-corrected chi connectivity index (χ0v) is 15.2. The lowest BCUT2D eigenvalue weighted by Gasteiger charge is -2.12. The highest BCUT2D eigenvalue weighted by Gasteiger charge is 2.05. The Hall–Kier alpha value is -2.53. The summed E-state index contributed by atoms with van der Waals surface area (Å²) >= 11 is 0. The molecule has 2 aromatic rings. The van der Waals surface area contributed by atoms with Crippen LogP contribution in [0.4, 0.5) is 5.69 Å². The molecule has 5 nitrogen and oxygen atoms in total. The van der Waals surface area contributed by atoms with Gasteiger partial charge in [-0.3, -0.25) is 0 Å². The largest absolute Gasteiger partial charge is 0.493 e. The maximum absolute atomic E-state index is 6.00. The van der Waals surface area contributed by atoms with Crippen molar-refractivity contribution in [2.45, 2.75) is 26.8 Å². The number of aliphatic imine (C=N–C) groups is 1. The second-order valence-corrected chi connectivity index (χ2v) is 6.00. The number of rotatable bonds is 8. The average molecular weight is 341 g/mol. The lowest BCUT2D eigenvalue weighted by molar-refractivity contribution is 0.172. The van der Waals surface area contributed by atoms with Gasteiger partial charge in [-0.25, -0.2) is 4.99 Å². The summed E-state index contributed by atoms with van der Waals surface area (Å²) < 4.78 is 10.9. The summed E-state index contributed by atoms with van der Waals surface area (Å²) in [5.74, 6) is 1.24. The van der Waals surface area contributed by atoms with Crippen molar-refractivity contribution in [3.8, 4) is 5.75 Å². The van der Waals surface area contributed by atoms with Crippen LogP contribution in [0.25, 0.3) is 0 Å². The maximum atomic E-state index is 6.00. The minimum Gasteiger partial charge on any atom is -0.493 e. The third-order valence-electron chi connectivity index (χ3n) is 3.68. The number of benzene rings is 2. The molecule has 0 atom stereocenters. The van der Waals surface area contributed by atoms with Crippen LogP contribution in [-0.4, -0.2) is 26.3 Å². The van der Waals surface area contributed by atoms with Crippen molar-refractivity contribution in [3.63, 3.8) is 0 Å². The monoisotopic (exact) mass is 341 g/mol. The van der Waals surface area contributed by atoms with Gasteiger partial charge in [0, 0.05) is 31.4 Å². The highest BCUT2D eigenvalue weighted by molar-refractivity contribution is 5.92. The zero-order valence-electron chi connectivity index (χ0n) is 15.2. The van der Waals surface area contributed by atoms with Crippen molar-refractivity contribution in [1.29, 1.82) is 0 Å². The van der Waals surface area contributed by atoms with Crippen LogP contribution in [0.1, 0.15) is 23.1 Å². The Kier molecular flexibility index (Phi) is 7.29. The van der Waals surface area contributed by atoms with Gasteiger partial charge in [-0.05, 0) is 43.2 Å². The van der Waals surface area contributed by atoms with Crippen LogP contribution in [0.5, 0.6) is 5.75 Å². The summed E-state index contributed by atoms with van der Waals surface area (Å²) in [6, 6.07) is 14.1. The molecule has 3 N–H and O–H groups in total. The molecule has 0 saturated carbocycles. The van der Waals surface area contributed by atoms with Gasteiger partial charge < -0.3 is 20.5 Å². The minimum atomic E-state index is 0.386. The summed E-state index contributed by atoms with van der Waals surface area (Å²) in [4.78, 5) is 4.43. The van der Waals surface area contributed by atoms with Crippen molar-refractivity contribution >= 4 is 11.6 Å². The summed E-state index contributed by atoms with van der Waals surface area (Å²) in [5, 5.41) is 3.11. The number of guanidine groups is 1. The van der Waals surface area contributed by atoms with Crippen molar-refractivity contribution < 1.29 is 9.47 Å². The lowest BCUT2D eigenvalue weighted by atomic mass is 10.1. The van der Waals surface area contributed by atoms with Crippen molar-refractivity contribution in [1.82, 2.24) is 0 Å². The van der Waals surface area contributed by atoms with E-state index in [1.807, 2.05) is 50.2 Å². The van der Waals surface area contributed by atoms with Crippen LogP contribution in [0, 0.1) is 13.8 Å². The SMILES string of the molecule is COCCCOc1cc(C)ccc1CN=C(N)Nc1cccc(C)c1. The van der Waals surface area contributed by atoms with E-state index in [0.717, 1.165) is 29.0 Å². The van der Waals surface area contributed by atoms with Gasteiger partial charge in [0.1, 0.15) is 5.75 Å². The predicted molar refractivity (Wildman–Crippen MR) is 103 cm³/mol. The fourth-order valence-electron chi connectivity index (χ4n) is 2.39. The molecular weight excluding hydrogens is 314 g/mol. The van der Waals surface area contributed by atoms with Crippen LogP contribution in [0.15, 0.2) is 47.5 Å². The molecule has 0 spiro atoms. The topological polar surface area (TPSA) is 68.9 Å². The average Bonchev–Trinajstić information content (AvgIpc) is 2.58. The van der Waals surface area contributed by atoms with E-state index in [4.69, 9.17) is 15.2 Å². The molecule has 0 radical (unpaired) electrons. The number of hydrogen-bond acceptors (Lipinski definition) is 3. The Labute approximate surface area is 149 Å². The van der Waals surface area contributed by atoms with Crippen molar-refractivity contribution in [2.75, 3.05) is 25.6 Å². The van der Waals surface area contributed by atoms with E-state index >= 15 is 0 Å². The molecule has 134 valence electrons. The van der Waals surface area contributed by atoms with E-state index in [2.05, 4.69) is 16.4 Å². The molecule has 0 aliphatic heterocycles. The van der Waals surface area contributed by atoms with Gasteiger partial charge in [-0.15, -0.1) is 0 Å². The third-order valence-corrected chi connectivity index (χ3v) is 3.68. The Morgan fingerprint density at radius 2 is 1.88 bits per heavy atom. The number of anilines is 1. The molecule has 0 aromatic heterocycles. The molecule has 0 amide bonds. The first kappa shape index (κ1) is 18.8. The molecule has 2 aromatic carbocycles. The van der Waals surface area contributed by atoms with Crippen LogP contribution in [0.2, 0.25) is 0 Å². The quantitative estimate of drug-likeness (QED) is 0.437. The van der Waals surface area contributed by atoms with E-state index in [0.29, 0.717) is 25.7 Å². The summed E-state index contributed by atoms with van der Waals surface area (Å²) in [6.07, 6.45) is 0.851. The molecule has 5 heteroatoms. The van der Waals surface area contributed by atoms with Crippen molar-refractivity contribution in [2.24, 2.45) is 10.7 Å². The molecule has 0 aliphatic carbocycles. The van der Waals surface area contributed by atoms with Crippen LogP contribution in [0.3, 0.4) is 0 Å². The standard InChI is InChI=1S/C20H27N3O2/c1-15-6-4-7-18(12-15)23-20(21)22-14-17-9-8-16(2)13-19(17)25-11-5-10-24-3/h4,6-9,12-13H,5,10-11,14H2,1-3H3,(H3,21,22,23). The van der Waals surface area contributed by atoms with E-state index in [1.165, 1.54) is 5.56 Å². The maximum Gasteiger partial charge on any atom is 0.193 e. The first-order chi connectivity index (χ1) is 12.1. The predicted octanol–water partition coefficient (Wildman–Crippen LogP) is 3.65. The van der Waals surface area contributed by atoms with Gasteiger partial charge in [-0.2, -0.15) is 0 Å². The van der Waals surface area contributed by atoms with Crippen LogP contribution >= 0.6 is 0 Å². The number of nitrogens with two attached hydrogens (primary N) is 1. The van der Waals surface area contributed by atoms with E-state index < -0.39 is 0 Å². The van der Waals surface area contributed by atoms with Gasteiger partial charge in [-0.1, -0.05) is 24.3 Å². The first-order valence-electron chi connectivity index (χ1n) is 8.43. The number of nitrogens with one attached hydrogen (secondary N) is 1. The number of hydrogen-bond donors (Lipinski definition) is 2. The van der Waals surface area contributed by atoms with Crippen LogP contribution < -0.4 is 15.8 Å². The molecular formula is C20H27N3O2. The molecule has 0 unspecified atom stereocenters. The summed E-state index contributed by atoms with van der Waals surface area (Å²) in [7, 11) is 1.69. The van der Waals surface area contributed by atoms with E-state index in [-0.39, 0.29) is 0 Å². The second kappa shape index (κ2) is 9.69. The number of methoxy groups -OCH3 is 1. The van der Waals surface area contributed by atoms with Crippen LogP contribution in [-0.2, 0) is 11.3 Å². The molecule has 0 saturated heterocycles. The number of aryl methyl sites for hydroxylation is 2. The molecule has 0 heterocycles. The highest BCUT2D eigenvalue weighted by atomic mass is 16.5. The second-order valence-electron chi connectivity index (χ2n) is 6.00. The summed E-state index contributed by atoms with van der Waals surface area (Å²) in [6.45, 7) is 5.85. The minimum absolute atomic E-state index is 0.386. The highest BCUT2D eigenvalue weighted by Crippen LogP contribution is 2.21. The van der Waals surface area contributed by atoms with E-state index in [1.54, 1.807) is 7.11 Å². The third kappa shape index (κ3) is 6.47. The van der Waals surface area contributed by atoms with Gasteiger partial charge >= 0.3 is 0 Å². The zero-order chi connectivity index (χ0) is 18.1. The normalized spacial score (nSPS) is 11.4. The number of ether oxygens (including phenoxy) is 2. The van der Waals surface area contributed by atoms with Gasteiger partial charge in [0.05, 0.1) is 13.2 Å².